The van der Waals surface area contributed by atoms with Crippen molar-refractivity contribution in [2.24, 2.45) is 5.10 Å². The second-order valence-electron chi connectivity index (χ2n) is 5.53. The Morgan fingerprint density at radius 3 is 1.79 bits per heavy atom. The van der Waals surface area contributed by atoms with Crippen LogP contribution in [0.1, 0.15) is 18.1 Å². The molecule has 0 amide bonds. The van der Waals surface area contributed by atoms with Gasteiger partial charge in [-0.15, -0.1) is 0 Å². The van der Waals surface area contributed by atoms with Gasteiger partial charge in [-0.1, -0.05) is 78.9 Å². The lowest BCUT2D eigenvalue weighted by atomic mass is 10.0. The largest absolute Gasteiger partial charge is 0.278 e. The first-order valence-corrected chi connectivity index (χ1v) is 8.01. The molecular formula is C22H20N2. The zero-order valence-corrected chi connectivity index (χ0v) is 13.7. The molecule has 0 radical (unpaired) electrons. The van der Waals surface area contributed by atoms with Gasteiger partial charge in [0.2, 0.25) is 0 Å². The van der Waals surface area contributed by atoms with Gasteiger partial charge in [0, 0.05) is 5.56 Å². The fraction of sp³-hybridized carbons (Fsp3) is 0.0455. The number of anilines is 1. The van der Waals surface area contributed by atoms with Gasteiger partial charge in [-0.3, -0.25) is 5.43 Å². The third-order valence-corrected chi connectivity index (χ3v) is 3.73. The van der Waals surface area contributed by atoms with E-state index in [1.807, 2.05) is 66.7 Å². The summed E-state index contributed by atoms with van der Waals surface area (Å²) in [5.74, 6) is 0. The Kier molecular flexibility index (Phi) is 5.21. The first-order chi connectivity index (χ1) is 11.8. The van der Waals surface area contributed by atoms with Crippen molar-refractivity contribution in [1.82, 2.24) is 0 Å². The van der Waals surface area contributed by atoms with Crippen molar-refractivity contribution in [3.8, 4) is 0 Å². The Labute approximate surface area is 143 Å². The van der Waals surface area contributed by atoms with Crippen molar-refractivity contribution in [3.05, 3.63) is 108 Å². The van der Waals surface area contributed by atoms with Crippen LogP contribution < -0.4 is 5.43 Å². The molecule has 0 aliphatic carbocycles. The van der Waals surface area contributed by atoms with Crippen LogP contribution in [0.15, 0.2) is 102 Å². The van der Waals surface area contributed by atoms with E-state index in [-0.39, 0.29) is 0 Å². The number of allylic oxidation sites excluding steroid dienone is 2. The average molecular weight is 312 g/mol. The third kappa shape index (κ3) is 4.20. The van der Waals surface area contributed by atoms with Gasteiger partial charge in [0.25, 0.3) is 0 Å². The molecule has 2 heteroatoms. The van der Waals surface area contributed by atoms with Gasteiger partial charge in [0.1, 0.15) is 0 Å². The number of nitrogens with one attached hydrogen (secondary N) is 1. The molecule has 0 aliphatic rings. The van der Waals surface area contributed by atoms with Crippen LogP contribution in [0.4, 0.5) is 5.69 Å². The molecule has 0 saturated carbocycles. The molecule has 2 nitrogen and oxygen atoms in total. The first-order valence-electron chi connectivity index (χ1n) is 8.01. The fourth-order valence-corrected chi connectivity index (χ4v) is 2.42. The smallest absolute Gasteiger partial charge is 0.0908 e. The lowest BCUT2D eigenvalue weighted by Gasteiger charge is -2.07. The summed E-state index contributed by atoms with van der Waals surface area (Å²) in [6.45, 7) is 2.11. The lowest BCUT2D eigenvalue weighted by Crippen LogP contribution is -2.02. The zero-order chi connectivity index (χ0) is 16.6. The fourth-order valence-electron chi connectivity index (χ4n) is 2.42. The molecule has 0 unspecified atom stereocenters. The van der Waals surface area contributed by atoms with Crippen molar-refractivity contribution in [1.29, 1.82) is 0 Å². The minimum atomic E-state index is 0.904. The van der Waals surface area contributed by atoms with Crippen LogP contribution >= 0.6 is 0 Å². The first kappa shape index (κ1) is 15.8. The third-order valence-electron chi connectivity index (χ3n) is 3.73. The van der Waals surface area contributed by atoms with Gasteiger partial charge in [0.15, 0.2) is 0 Å². The highest BCUT2D eigenvalue weighted by atomic mass is 15.3. The molecule has 3 rings (SSSR count). The number of hydrogen-bond donors (Lipinski definition) is 1. The van der Waals surface area contributed by atoms with E-state index in [0.29, 0.717) is 0 Å². The van der Waals surface area contributed by atoms with E-state index in [4.69, 9.17) is 0 Å². The summed E-state index contributed by atoms with van der Waals surface area (Å²) in [6, 6.07) is 30.5. The summed E-state index contributed by atoms with van der Waals surface area (Å²) in [6.07, 6.45) is 2.11. The summed E-state index contributed by atoms with van der Waals surface area (Å²) in [5.41, 5.74) is 8.47. The van der Waals surface area contributed by atoms with Crippen LogP contribution in [0, 0.1) is 0 Å². The van der Waals surface area contributed by atoms with Gasteiger partial charge in [-0.25, -0.2) is 0 Å². The van der Waals surface area contributed by atoms with E-state index in [1.165, 1.54) is 11.1 Å². The summed E-state index contributed by atoms with van der Waals surface area (Å²) in [5, 5.41) is 4.62. The Hall–Kier alpha value is -3.13. The highest BCUT2D eigenvalue weighted by Crippen LogP contribution is 2.15. The number of para-hydroxylation sites is 1. The maximum atomic E-state index is 4.62. The van der Waals surface area contributed by atoms with Crippen LogP contribution in [-0.4, -0.2) is 5.71 Å². The van der Waals surface area contributed by atoms with E-state index in [2.05, 4.69) is 47.8 Å². The van der Waals surface area contributed by atoms with Gasteiger partial charge < -0.3 is 0 Å². The van der Waals surface area contributed by atoms with Crippen molar-refractivity contribution in [2.75, 3.05) is 5.43 Å². The van der Waals surface area contributed by atoms with Crippen molar-refractivity contribution >= 4 is 17.0 Å². The zero-order valence-electron chi connectivity index (χ0n) is 13.7. The number of hydrazone groups is 1. The quantitative estimate of drug-likeness (QED) is 0.481. The number of benzene rings is 3. The highest BCUT2D eigenvalue weighted by Gasteiger charge is 2.03. The molecule has 0 heterocycles. The van der Waals surface area contributed by atoms with Crippen LogP contribution in [0.3, 0.4) is 0 Å². The normalized spacial score (nSPS) is 12.0. The van der Waals surface area contributed by atoms with Gasteiger partial charge in [-0.2, -0.15) is 5.10 Å². The summed E-state index contributed by atoms with van der Waals surface area (Å²) in [4.78, 5) is 0. The minimum absolute atomic E-state index is 0.904. The van der Waals surface area contributed by atoms with Crippen LogP contribution in [0.25, 0.3) is 5.57 Å². The molecule has 0 saturated heterocycles. The lowest BCUT2D eigenvalue weighted by molar-refractivity contribution is 1.33. The Bertz CT molecular complexity index is 820. The molecule has 0 bridgehead atoms. The molecule has 0 aliphatic heterocycles. The van der Waals surface area contributed by atoms with Crippen LogP contribution in [0.5, 0.6) is 0 Å². The molecule has 0 fully saturated rings. The van der Waals surface area contributed by atoms with E-state index in [1.54, 1.807) is 0 Å². The monoisotopic (exact) mass is 312 g/mol. The predicted molar refractivity (Wildman–Crippen MR) is 103 cm³/mol. The molecule has 0 atom stereocenters. The second kappa shape index (κ2) is 7.93. The molecular weight excluding hydrogens is 292 g/mol. The number of hydrogen-bond acceptors (Lipinski definition) is 2. The SMILES string of the molecule is C/C(=C/C(=N\Nc1ccccc1)c1ccccc1)c1ccccc1. The maximum Gasteiger partial charge on any atom is 0.0908 e. The molecule has 0 spiro atoms. The molecule has 3 aromatic rings. The van der Waals surface area contributed by atoms with Gasteiger partial charge >= 0.3 is 0 Å². The van der Waals surface area contributed by atoms with Gasteiger partial charge in [-0.05, 0) is 36.3 Å². The van der Waals surface area contributed by atoms with Crippen LogP contribution in [-0.2, 0) is 0 Å². The van der Waals surface area contributed by atoms with E-state index >= 15 is 0 Å². The van der Waals surface area contributed by atoms with Crippen LogP contribution in [0.2, 0.25) is 0 Å². The predicted octanol–water partition coefficient (Wildman–Crippen LogP) is 5.61. The summed E-state index contributed by atoms with van der Waals surface area (Å²) < 4.78 is 0. The van der Waals surface area contributed by atoms with E-state index in [0.717, 1.165) is 17.0 Å². The number of rotatable bonds is 5. The molecule has 0 aromatic heterocycles. The van der Waals surface area contributed by atoms with Crippen molar-refractivity contribution in [2.45, 2.75) is 6.92 Å². The molecule has 3 aromatic carbocycles. The van der Waals surface area contributed by atoms with E-state index in [9.17, 15) is 0 Å². The van der Waals surface area contributed by atoms with Gasteiger partial charge in [0.05, 0.1) is 11.4 Å². The second-order valence-corrected chi connectivity index (χ2v) is 5.53. The Morgan fingerprint density at radius 1 is 0.708 bits per heavy atom. The average Bonchev–Trinajstić information content (AvgIpc) is 2.67. The number of nitrogens with zero attached hydrogens (tertiary/aromatic N) is 1. The summed E-state index contributed by atoms with van der Waals surface area (Å²) in [7, 11) is 0. The Balaban J connectivity index is 1.94. The van der Waals surface area contributed by atoms with E-state index < -0.39 is 0 Å². The topological polar surface area (TPSA) is 24.4 Å². The molecule has 24 heavy (non-hydrogen) atoms. The molecule has 1 N–H and O–H groups in total. The maximum absolute atomic E-state index is 4.62. The Morgan fingerprint density at radius 2 is 1.21 bits per heavy atom. The standard InChI is InChI=1S/C22H20N2/c1-18(19-11-5-2-6-12-19)17-22(20-13-7-3-8-14-20)24-23-21-15-9-4-10-16-21/h2-17,23H,1H3/b18-17-,24-22+. The minimum Gasteiger partial charge on any atom is -0.278 e. The van der Waals surface area contributed by atoms with Crippen molar-refractivity contribution < 1.29 is 0 Å². The summed E-state index contributed by atoms with van der Waals surface area (Å²) >= 11 is 0. The highest BCUT2D eigenvalue weighted by molar-refractivity contribution is 6.12. The molecule has 118 valence electrons. The van der Waals surface area contributed by atoms with Crippen molar-refractivity contribution in [3.63, 3.8) is 0 Å².